The number of methoxy groups -OCH3 is 1. The predicted octanol–water partition coefficient (Wildman–Crippen LogP) is 5.49. The Bertz CT molecular complexity index is 1490. The van der Waals surface area contributed by atoms with Crippen molar-refractivity contribution in [1.82, 2.24) is 9.97 Å². The van der Waals surface area contributed by atoms with Crippen molar-refractivity contribution in [3.63, 3.8) is 0 Å². The number of aromatic amines is 1. The van der Waals surface area contributed by atoms with Crippen molar-refractivity contribution >= 4 is 22.3 Å². The number of para-hydroxylation sites is 1. The average molecular weight is 449 g/mol. The first-order valence-corrected chi connectivity index (χ1v) is 11.5. The van der Waals surface area contributed by atoms with Crippen LogP contribution < -0.4 is 15.2 Å². The first-order valence-electron chi connectivity index (χ1n) is 11.5. The molecule has 6 nitrogen and oxygen atoms in total. The molecule has 0 amide bonds. The predicted molar refractivity (Wildman–Crippen MR) is 132 cm³/mol. The van der Waals surface area contributed by atoms with Crippen molar-refractivity contribution in [2.24, 2.45) is 0 Å². The first-order chi connectivity index (χ1) is 16.7. The molecule has 2 aromatic carbocycles. The number of nitrogens with zero attached hydrogens (tertiary/aromatic N) is 2. The molecule has 0 spiro atoms. The lowest BCUT2D eigenvalue weighted by Crippen LogP contribution is -2.21. The minimum absolute atomic E-state index is 0.386. The Kier molecular flexibility index (Phi) is 4.77. The first kappa shape index (κ1) is 20.4. The van der Waals surface area contributed by atoms with Gasteiger partial charge in [0.1, 0.15) is 5.75 Å². The van der Waals surface area contributed by atoms with Gasteiger partial charge in [0, 0.05) is 34.0 Å². The summed E-state index contributed by atoms with van der Waals surface area (Å²) in [4.78, 5) is 8.25. The number of benzene rings is 2. The summed E-state index contributed by atoms with van der Waals surface area (Å²) in [7, 11) is 1.64. The maximum absolute atomic E-state index is 10.4. The Morgan fingerprint density at radius 1 is 1.12 bits per heavy atom. The van der Waals surface area contributed by atoms with Crippen molar-refractivity contribution in [1.29, 1.82) is 5.26 Å². The SMILES string of the molecule is COc1ccc(C2C(C#N)=C(c3c[nH]c4ccccc34)Oc3nc4c(c(N)c32)CCCC4)cc1. The Hall–Kier alpha value is -4.24. The highest BCUT2D eigenvalue weighted by Gasteiger charge is 2.37. The number of ether oxygens (including phenoxy) is 2. The molecule has 3 N–H and O–H groups in total. The molecule has 1 atom stereocenters. The van der Waals surface area contributed by atoms with E-state index in [1.807, 2.05) is 54.7 Å². The van der Waals surface area contributed by atoms with Crippen LogP contribution in [0.25, 0.3) is 16.7 Å². The number of nitrogen functional groups attached to an aromatic ring is 1. The summed E-state index contributed by atoms with van der Waals surface area (Å²) in [5, 5.41) is 11.4. The van der Waals surface area contributed by atoms with Gasteiger partial charge in [-0.3, -0.25) is 0 Å². The highest BCUT2D eigenvalue weighted by molar-refractivity contribution is 5.94. The zero-order valence-corrected chi connectivity index (χ0v) is 18.9. The van der Waals surface area contributed by atoms with Crippen molar-refractivity contribution in [2.45, 2.75) is 31.6 Å². The number of hydrogen-bond donors (Lipinski definition) is 2. The number of nitrogens with one attached hydrogen (secondary N) is 1. The summed E-state index contributed by atoms with van der Waals surface area (Å²) in [5.74, 6) is 1.39. The van der Waals surface area contributed by atoms with E-state index in [1.165, 1.54) is 0 Å². The number of nitrogens with two attached hydrogens (primary N) is 1. The maximum atomic E-state index is 10.4. The van der Waals surface area contributed by atoms with Gasteiger partial charge < -0.3 is 20.2 Å². The zero-order valence-electron chi connectivity index (χ0n) is 18.9. The van der Waals surface area contributed by atoms with Crippen LogP contribution in [0.1, 0.15) is 46.7 Å². The molecule has 2 aliphatic rings. The van der Waals surface area contributed by atoms with E-state index in [4.69, 9.17) is 20.2 Å². The van der Waals surface area contributed by atoms with E-state index in [-0.39, 0.29) is 5.92 Å². The van der Waals surface area contributed by atoms with Crippen molar-refractivity contribution < 1.29 is 9.47 Å². The maximum Gasteiger partial charge on any atom is 0.225 e. The molecule has 1 aliphatic heterocycles. The van der Waals surface area contributed by atoms with E-state index in [1.54, 1.807) is 7.11 Å². The highest BCUT2D eigenvalue weighted by Crippen LogP contribution is 2.50. The van der Waals surface area contributed by atoms with E-state index in [2.05, 4.69) is 11.1 Å². The van der Waals surface area contributed by atoms with E-state index >= 15 is 0 Å². The number of pyridine rings is 1. The molecular weight excluding hydrogens is 424 g/mol. The van der Waals surface area contributed by atoms with E-state index in [0.29, 0.717) is 22.9 Å². The molecule has 4 aromatic rings. The normalized spacial score (nSPS) is 17.0. The van der Waals surface area contributed by atoms with E-state index < -0.39 is 0 Å². The molecule has 6 rings (SSSR count). The quantitative estimate of drug-likeness (QED) is 0.432. The van der Waals surface area contributed by atoms with Crippen LogP contribution >= 0.6 is 0 Å². The summed E-state index contributed by atoms with van der Waals surface area (Å²) in [6.07, 6.45) is 5.87. The summed E-state index contributed by atoms with van der Waals surface area (Å²) in [6, 6.07) is 18.3. The van der Waals surface area contributed by atoms with Crippen LogP contribution in [-0.4, -0.2) is 17.1 Å². The molecule has 168 valence electrons. The van der Waals surface area contributed by atoms with Gasteiger partial charge in [-0.1, -0.05) is 30.3 Å². The van der Waals surface area contributed by atoms with Crippen LogP contribution in [0.2, 0.25) is 0 Å². The van der Waals surface area contributed by atoms with Gasteiger partial charge in [-0.05, 0) is 55.0 Å². The average Bonchev–Trinajstić information content (AvgIpc) is 3.32. The van der Waals surface area contributed by atoms with E-state index in [9.17, 15) is 5.26 Å². The molecule has 0 bridgehead atoms. The summed E-state index contributed by atoms with van der Waals surface area (Å²) >= 11 is 0. The summed E-state index contributed by atoms with van der Waals surface area (Å²) in [5.41, 5.74) is 13.7. The van der Waals surface area contributed by atoms with Gasteiger partial charge in [-0.25, -0.2) is 4.98 Å². The second-order valence-corrected chi connectivity index (χ2v) is 8.79. The van der Waals surface area contributed by atoms with Gasteiger partial charge in [-0.2, -0.15) is 5.26 Å². The molecule has 6 heteroatoms. The molecule has 1 unspecified atom stereocenters. The zero-order chi connectivity index (χ0) is 23.2. The fraction of sp³-hybridized carbons (Fsp3) is 0.214. The van der Waals surface area contributed by atoms with Crippen molar-refractivity contribution in [2.75, 3.05) is 12.8 Å². The van der Waals surface area contributed by atoms with Crippen LogP contribution in [0.5, 0.6) is 11.6 Å². The molecule has 0 saturated heterocycles. The Morgan fingerprint density at radius 2 is 1.91 bits per heavy atom. The van der Waals surface area contributed by atoms with Crippen LogP contribution in [0.4, 0.5) is 5.69 Å². The van der Waals surface area contributed by atoms with E-state index in [0.717, 1.165) is 70.3 Å². The number of hydrogen-bond acceptors (Lipinski definition) is 5. The molecular formula is C28H24N4O2. The Labute approximate surface area is 197 Å². The minimum atomic E-state index is -0.386. The molecule has 0 radical (unpaired) electrons. The van der Waals surface area contributed by atoms with Crippen LogP contribution in [0.15, 0.2) is 60.3 Å². The second-order valence-electron chi connectivity index (χ2n) is 8.79. The molecule has 3 heterocycles. The van der Waals surface area contributed by atoms with Gasteiger partial charge >= 0.3 is 0 Å². The number of aromatic nitrogens is 2. The number of anilines is 1. The Morgan fingerprint density at radius 3 is 2.71 bits per heavy atom. The lowest BCUT2D eigenvalue weighted by atomic mass is 9.80. The largest absolute Gasteiger partial charge is 0.497 e. The minimum Gasteiger partial charge on any atom is -0.497 e. The molecule has 0 fully saturated rings. The third kappa shape index (κ3) is 3.05. The van der Waals surface area contributed by atoms with Crippen LogP contribution in [-0.2, 0) is 12.8 Å². The highest BCUT2D eigenvalue weighted by atomic mass is 16.5. The smallest absolute Gasteiger partial charge is 0.225 e. The van der Waals surface area contributed by atoms with Gasteiger partial charge in [-0.15, -0.1) is 0 Å². The van der Waals surface area contributed by atoms with Gasteiger partial charge in [0.2, 0.25) is 5.88 Å². The summed E-state index contributed by atoms with van der Waals surface area (Å²) in [6.45, 7) is 0. The molecule has 0 saturated carbocycles. The number of aryl methyl sites for hydroxylation is 1. The van der Waals surface area contributed by atoms with Crippen molar-refractivity contribution in [3.8, 4) is 17.7 Å². The third-order valence-electron chi connectivity index (χ3n) is 6.95. The molecule has 2 aromatic heterocycles. The monoisotopic (exact) mass is 448 g/mol. The summed E-state index contributed by atoms with van der Waals surface area (Å²) < 4.78 is 11.8. The van der Waals surface area contributed by atoms with Gasteiger partial charge in [0.05, 0.1) is 30.2 Å². The number of fused-ring (bicyclic) bond motifs is 3. The van der Waals surface area contributed by atoms with Crippen LogP contribution in [0, 0.1) is 11.3 Å². The second kappa shape index (κ2) is 7.96. The fourth-order valence-corrected chi connectivity index (χ4v) is 5.25. The lowest BCUT2D eigenvalue weighted by molar-refractivity contribution is 0.414. The third-order valence-corrected chi connectivity index (χ3v) is 6.95. The topological polar surface area (TPSA) is 96.9 Å². The molecule has 1 aliphatic carbocycles. The van der Waals surface area contributed by atoms with Gasteiger partial charge in [0.15, 0.2) is 5.76 Å². The van der Waals surface area contributed by atoms with Crippen molar-refractivity contribution in [3.05, 3.63) is 88.2 Å². The lowest BCUT2D eigenvalue weighted by Gasteiger charge is -2.31. The standard InChI is InChI=1S/C28H24N4O2/c1-33-17-12-10-16(11-13-17)24-20(14-29)27(21-15-31-22-8-4-2-6-18(21)22)34-28-25(24)26(30)19-7-3-5-9-23(19)32-28/h2,4,6,8,10-13,15,24,31H,3,5,7,9H2,1H3,(H2,30,32). The molecule has 34 heavy (non-hydrogen) atoms. The number of rotatable bonds is 3. The fourth-order valence-electron chi connectivity index (χ4n) is 5.25. The Balaban J connectivity index is 1.63. The number of H-pyrrole nitrogens is 1. The number of nitriles is 1. The van der Waals surface area contributed by atoms with Crippen LogP contribution in [0.3, 0.4) is 0 Å². The number of allylic oxidation sites excluding steroid dienone is 1. The van der Waals surface area contributed by atoms with Gasteiger partial charge in [0.25, 0.3) is 0 Å².